The van der Waals surface area contributed by atoms with Gasteiger partial charge in [-0.1, -0.05) is 11.6 Å². The van der Waals surface area contributed by atoms with Gasteiger partial charge in [0.1, 0.15) is 12.0 Å². The number of benzene rings is 1. The maximum Gasteiger partial charge on any atom is 0.407 e. The second-order valence-electron chi connectivity index (χ2n) is 6.53. The fourth-order valence-corrected chi connectivity index (χ4v) is 4.64. The van der Waals surface area contributed by atoms with Crippen molar-refractivity contribution < 1.29 is 19.7 Å². The summed E-state index contributed by atoms with van der Waals surface area (Å²) in [7, 11) is 0. The second kappa shape index (κ2) is 7.12. The molecule has 4 rings (SSSR count). The van der Waals surface area contributed by atoms with Crippen LogP contribution in [-0.2, 0) is 0 Å². The second-order valence-corrected chi connectivity index (χ2v) is 8.10. The van der Waals surface area contributed by atoms with Gasteiger partial charge >= 0.3 is 6.09 Å². The minimum atomic E-state index is -0.916. The Labute approximate surface area is 172 Å². The van der Waals surface area contributed by atoms with Crippen molar-refractivity contribution in [2.75, 3.05) is 13.2 Å². The molecule has 3 N–H and O–H groups in total. The molecule has 8 nitrogen and oxygen atoms in total. The predicted octanol–water partition coefficient (Wildman–Crippen LogP) is 3.27. The van der Waals surface area contributed by atoms with Gasteiger partial charge in [0.05, 0.1) is 22.6 Å². The van der Waals surface area contributed by atoms with Crippen molar-refractivity contribution in [3.63, 3.8) is 0 Å². The summed E-state index contributed by atoms with van der Waals surface area (Å²) in [5, 5.41) is 23.5. The van der Waals surface area contributed by atoms with E-state index in [0.29, 0.717) is 16.5 Å². The number of ether oxygens (including phenoxy) is 1. The highest BCUT2D eigenvalue weighted by Crippen LogP contribution is 2.42. The van der Waals surface area contributed by atoms with E-state index in [1.807, 2.05) is 0 Å². The summed E-state index contributed by atoms with van der Waals surface area (Å²) < 4.78 is 6.48. The van der Waals surface area contributed by atoms with Crippen molar-refractivity contribution in [1.82, 2.24) is 20.2 Å². The van der Waals surface area contributed by atoms with Gasteiger partial charge in [0.25, 0.3) is 0 Å². The minimum Gasteiger partial charge on any atom is -0.493 e. The van der Waals surface area contributed by atoms with Gasteiger partial charge in [-0.3, -0.25) is 4.90 Å². The number of rotatable bonds is 3. The van der Waals surface area contributed by atoms with E-state index in [9.17, 15) is 15.0 Å². The number of carbonyl (C=O) groups is 1. The Balaban J connectivity index is 1.64. The third-order valence-electron chi connectivity index (χ3n) is 5.04. The standard InChI is InChI=1S/C16H15BrCl2N4O4/c17-7-3-8-11(14(24)22-15(19)21-8)13(12(7)18)27-5-9-10-2-1-6(4-20-9)23(10)16(25)26/h3,6,9-10,20H,1-2,4-5H2,(H,25,26)(H,21,22,24)/t6-,9-,10+/m1/s1. The number of nitrogens with one attached hydrogen (secondary N) is 1. The maximum atomic E-state index is 11.6. The average Bonchev–Trinajstić information content (AvgIpc) is 2.92. The Bertz CT molecular complexity index is 931. The molecule has 1 aromatic heterocycles. The van der Waals surface area contributed by atoms with Gasteiger partial charge in [-0.15, -0.1) is 0 Å². The number of hydrogen-bond acceptors (Lipinski definition) is 6. The monoisotopic (exact) mass is 476 g/mol. The molecule has 1 aromatic carbocycles. The lowest BCUT2D eigenvalue weighted by Gasteiger charge is -2.38. The van der Waals surface area contributed by atoms with E-state index < -0.39 is 6.09 Å². The van der Waals surface area contributed by atoms with E-state index in [0.717, 1.165) is 12.8 Å². The van der Waals surface area contributed by atoms with Crippen LogP contribution >= 0.6 is 39.1 Å². The highest BCUT2D eigenvalue weighted by atomic mass is 79.9. The Morgan fingerprint density at radius 3 is 2.93 bits per heavy atom. The van der Waals surface area contributed by atoms with E-state index in [1.165, 1.54) is 4.90 Å². The third-order valence-corrected chi connectivity index (χ3v) is 6.44. The number of piperazine rings is 1. The van der Waals surface area contributed by atoms with Gasteiger partial charge in [-0.2, -0.15) is 4.98 Å². The first-order valence-corrected chi connectivity index (χ1v) is 9.83. The first-order valence-electron chi connectivity index (χ1n) is 8.28. The molecule has 11 heteroatoms. The van der Waals surface area contributed by atoms with Crippen LogP contribution in [0.4, 0.5) is 4.79 Å². The molecule has 2 aliphatic heterocycles. The lowest BCUT2D eigenvalue weighted by molar-refractivity contribution is 0.0785. The predicted molar refractivity (Wildman–Crippen MR) is 103 cm³/mol. The number of carboxylic acid groups (broad SMARTS) is 1. The highest BCUT2D eigenvalue weighted by molar-refractivity contribution is 9.10. The number of halogens is 3. The van der Waals surface area contributed by atoms with Crippen molar-refractivity contribution in [3.8, 4) is 11.6 Å². The van der Waals surface area contributed by atoms with Crippen LogP contribution in [0.3, 0.4) is 0 Å². The van der Waals surface area contributed by atoms with Gasteiger partial charge in [0, 0.05) is 17.1 Å². The normalized spacial score (nSPS) is 24.4. The van der Waals surface area contributed by atoms with Gasteiger partial charge in [0.15, 0.2) is 5.75 Å². The molecular formula is C16H15BrCl2N4O4. The lowest BCUT2D eigenvalue weighted by atomic mass is 10.1. The van der Waals surface area contributed by atoms with Crippen LogP contribution < -0.4 is 10.1 Å². The fraction of sp³-hybridized carbons (Fsp3) is 0.438. The Morgan fingerprint density at radius 1 is 1.41 bits per heavy atom. The Morgan fingerprint density at radius 2 is 2.19 bits per heavy atom. The summed E-state index contributed by atoms with van der Waals surface area (Å²) in [4.78, 5) is 20.9. The molecule has 2 saturated heterocycles. The zero-order valence-corrected chi connectivity index (χ0v) is 16.9. The lowest BCUT2D eigenvalue weighted by Crippen LogP contribution is -2.61. The van der Waals surface area contributed by atoms with E-state index >= 15 is 0 Å². The van der Waals surface area contributed by atoms with Crippen LogP contribution in [0.2, 0.25) is 10.3 Å². The number of aromatic nitrogens is 2. The number of aromatic hydroxyl groups is 1. The first-order chi connectivity index (χ1) is 12.9. The molecule has 1 amide bonds. The summed E-state index contributed by atoms with van der Waals surface area (Å²) in [6, 6.07) is 1.25. The van der Waals surface area contributed by atoms with Gasteiger partial charge < -0.3 is 20.3 Å². The zero-order chi connectivity index (χ0) is 19.3. The molecule has 2 fully saturated rings. The highest BCUT2D eigenvalue weighted by Gasteiger charge is 2.45. The number of fused-ring (bicyclic) bond motifs is 3. The number of amides is 1. The van der Waals surface area contributed by atoms with Crippen LogP contribution in [0.15, 0.2) is 10.5 Å². The molecule has 0 saturated carbocycles. The molecule has 27 heavy (non-hydrogen) atoms. The van der Waals surface area contributed by atoms with Crippen LogP contribution in [-0.4, -0.2) is 62.5 Å². The number of nitrogens with zero attached hydrogens (tertiary/aromatic N) is 3. The molecule has 2 bridgehead atoms. The van der Waals surface area contributed by atoms with Crippen molar-refractivity contribution in [2.45, 2.75) is 31.0 Å². The van der Waals surface area contributed by atoms with Crippen LogP contribution in [0.1, 0.15) is 12.8 Å². The molecule has 3 atom stereocenters. The molecule has 2 aliphatic rings. The Kier molecular flexibility index (Phi) is 4.96. The summed E-state index contributed by atoms with van der Waals surface area (Å²) in [6.45, 7) is 0.752. The summed E-state index contributed by atoms with van der Waals surface area (Å²) in [5.41, 5.74) is 0.378. The molecule has 2 aromatic rings. The molecule has 0 spiro atoms. The summed E-state index contributed by atoms with van der Waals surface area (Å²) >= 11 is 15.5. The SMILES string of the molecule is O=C(O)N1[C@@H]2CC[C@H]1[C@@H](COc1c(Cl)c(Br)cc3nc(Cl)nc(O)c13)NC2. The quantitative estimate of drug-likeness (QED) is 0.582. The van der Waals surface area contributed by atoms with Crippen molar-refractivity contribution >= 4 is 56.1 Å². The molecule has 3 heterocycles. The van der Waals surface area contributed by atoms with E-state index in [4.69, 9.17) is 27.9 Å². The van der Waals surface area contributed by atoms with E-state index in [2.05, 4.69) is 31.2 Å². The van der Waals surface area contributed by atoms with Crippen molar-refractivity contribution in [1.29, 1.82) is 0 Å². The third kappa shape index (κ3) is 3.26. The van der Waals surface area contributed by atoms with Crippen LogP contribution in [0.25, 0.3) is 10.9 Å². The Hall–Kier alpha value is -1.55. The molecular weight excluding hydrogens is 463 g/mol. The van der Waals surface area contributed by atoms with Gasteiger partial charge in [-0.25, -0.2) is 9.78 Å². The maximum absolute atomic E-state index is 11.6. The molecule has 0 unspecified atom stereocenters. The zero-order valence-electron chi connectivity index (χ0n) is 13.8. The topological polar surface area (TPSA) is 108 Å². The average molecular weight is 478 g/mol. The molecule has 0 aliphatic carbocycles. The molecule has 0 radical (unpaired) electrons. The van der Waals surface area contributed by atoms with Crippen molar-refractivity contribution in [2.24, 2.45) is 0 Å². The van der Waals surface area contributed by atoms with Gasteiger partial charge in [0.2, 0.25) is 11.2 Å². The minimum absolute atomic E-state index is 0.00127. The number of hydrogen-bond donors (Lipinski definition) is 3. The van der Waals surface area contributed by atoms with Crippen molar-refractivity contribution in [3.05, 3.63) is 20.8 Å². The van der Waals surface area contributed by atoms with Gasteiger partial charge in [-0.05, 0) is 46.4 Å². The smallest absolute Gasteiger partial charge is 0.407 e. The van der Waals surface area contributed by atoms with E-state index in [-0.39, 0.29) is 52.1 Å². The van der Waals surface area contributed by atoms with Crippen LogP contribution in [0.5, 0.6) is 11.6 Å². The van der Waals surface area contributed by atoms with Crippen LogP contribution in [0, 0.1) is 0 Å². The molecule has 144 valence electrons. The van der Waals surface area contributed by atoms with E-state index in [1.54, 1.807) is 6.07 Å². The summed E-state index contributed by atoms with van der Waals surface area (Å²) in [5.74, 6) is -0.113. The largest absolute Gasteiger partial charge is 0.493 e. The summed E-state index contributed by atoms with van der Waals surface area (Å²) in [6.07, 6.45) is 0.684. The first kappa shape index (κ1) is 18.8. The fourth-order valence-electron chi connectivity index (χ4n) is 3.87.